The second kappa shape index (κ2) is 5.75. The van der Waals surface area contributed by atoms with Crippen LogP contribution in [0.2, 0.25) is 0 Å². The molecule has 2 N–H and O–H groups in total. The molecule has 90 valence electrons. The van der Waals surface area contributed by atoms with Crippen molar-refractivity contribution in [2.24, 2.45) is 0 Å². The zero-order valence-electron chi connectivity index (χ0n) is 10.7. The Kier molecular flexibility index (Phi) is 4.62. The van der Waals surface area contributed by atoms with Gasteiger partial charge < -0.3 is 15.4 Å². The van der Waals surface area contributed by atoms with Crippen molar-refractivity contribution in [3.63, 3.8) is 0 Å². The minimum absolute atomic E-state index is 0.519. The summed E-state index contributed by atoms with van der Waals surface area (Å²) in [5.41, 5.74) is 7.71. The average molecular weight is 222 g/mol. The smallest absolute Gasteiger partial charge is 0.142 e. The summed E-state index contributed by atoms with van der Waals surface area (Å²) in [7, 11) is 4.15. The third-order valence-corrected chi connectivity index (χ3v) is 2.84. The highest BCUT2D eigenvalue weighted by Crippen LogP contribution is 2.22. The van der Waals surface area contributed by atoms with E-state index in [4.69, 9.17) is 10.5 Å². The van der Waals surface area contributed by atoms with Crippen molar-refractivity contribution in [1.29, 1.82) is 0 Å². The predicted octanol–water partition coefficient (Wildman–Crippen LogP) is 2.30. The molecule has 0 aliphatic heterocycles. The molecule has 0 radical (unpaired) electrons. The van der Waals surface area contributed by atoms with E-state index in [-0.39, 0.29) is 0 Å². The zero-order valence-corrected chi connectivity index (χ0v) is 10.7. The maximum atomic E-state index is 5.83. The molecule has 16 heavy (non-hydrogen) atoms. The predicted molar refractivity (Wildman–Crippen MR) is 68.9 cm³/mol. The van der Waals surface area contributed by atoms with E-state index in [9.17, 15) is 0 Å². The van der Waals surface area contributed by atoms with Crippen LogP contribution in [0.1, 0.15) is 18.9 Å². The molecule has 0 fully saturated rings. The first kappa shape index (κ1) is 12.8. The fourth-order valence-electron chi connectivity index (χ4n) is 1.36. The Morgan fingerprint density at radius 3 is 2.69 bits per heavy atom. The molecule has 3 nitrogen and oxygen atoms in total. The first-order chi connectivity index (χ1) is 7.50. The molecule has 3 heteroatoms. The topological polar surface area (TPSA) is 38.5 Å². The van der Waals surface area contributed by atoms with E-state index < -0.39 is 0 Å². The fourth-order valence-corrected chi connectivity index (χ4v) is 1.36. The van der Waals surface area contributed by atoms with E-state index >= 15 is 0 Å². The lowest BCUT2D eigenvalue weighted by Gasteiger charge is -2.19. The van der Waals surface area contributed by atoms with Gasteiger partial charge in [-0.3, -0.25) is 0 Å². The maximum absolute atomic E-state index is 5.83. The van der Waals surface area contributed by atoms with Gasteiger partial charge in [-0.25, -0.2) is 0 Å². The second-order valence-corrected chi connectivity index (χ2v) is 4.49. The molecular weight excluding hydrogens is 200 g/mol. The molecule has 1 aromatic carbocycles. The molecule has 1 rings (SSSR count). The fraction of sp³-hybridized carbons (Fsp3) is 0.538. The van der Waals surface area contributed by atoms with Crippen molar-refractivity contribution in [1.82, 2.24) is 4.90 Å². The number of anilines is 1. The first-order valence-corrected chi connectivity index (χ1v) is 5.66. The normalized spacial score (nSPS) is 12.8. The van der Waals surface area contributed by atoms with Crippen molar-refractivity contribution in [3.05, 3.63) is 23.8 Å². The third-order valence-electron chi connectivity index (χ3n) is 2.84. The summed E-state index contributed by atoms with van der Waals surface area (Å²) in [5, 5.41) is 0. The summed E-state index contributed by atoms with van der Waals surface area (Å²) in [6.45, 7) is 4.92. The lowest BCUT2D eigenvalue weighted by atomic mass is 10.2. The number of aryl methyl sites for hydroxylation is 1. The summed E-state index contributed by atoms with van der Waals surface area (Å²) in [5.74, 6) is 0.797. The van der Waals surface area contributed by atoms with Crippen LogP contribution in [0, 0.1) is 6.92 Å². The van der Waals surface area contributed by atoms with Crippen LogP contribution in [0.5, 0.6) is 5.75 Å². The average Bonchev–Trinajstić information content (AvgIpc) is 2.22. The molecule has 0 heterocycles. The lowest BCUT2D eigenvalue weighted by Crippen LogP contribution is -2.26. The summed E-state index contributed by atoms with van der Waals surface area (Å²) < 4.78 is 5.69. The van der Waals surface area contributed by atoms with Crippen LogP contribution < -0.4 is 10.5 Å². The van der Waals surface area contributed by atoms with Crippen molar-refractivity contribution in [3.8, 4) is 5.75 Å². The number of nitrogens with zero attached hydrogens (tertiary/aromatic N) is 1. The van der Waals surface area contributed by atoms with Gasteiger partial charge in [-0.2, -0.15) is 0 Å². The van der Waals surface area contributed by atoms with Gasteiger partial charge in [0, 0.05) is 6.04 Å². The number of benzene rings is 1. The lowest BCUT2D eigenvalue weighted by molar-refractivity contribution is 0.234. The molecule has 1 unspecified atom stereocenters. The molecule has 0 aliphatic carbocycles. The largest absolute Gasteiger partial charge is 0.491 e. The summed E-state index contributed by atoms with van der Waals surface area (Å²) in [4.78, 5) is 2.18. The van der Waals surface area contributed by atoms with E-state index in [1.807, 2.05) is 25.1 Å². The number of hydrogen-bond acceptors (Lipinski definition) is 3. The van der Waals surface area contributed by atoms with E-state index in [0.717, 1.165) is 12.2 Å². The molecule has 0 saturated heterocycles. The first-order valence-electron chi connectivity index (χ1n) is 5.66. The quantitative estimate of drug-likeness (QED) is 0.777. The van der Waals surface area contributed by atoms with Gasteiger partial charge in [0.2, 0.25) is 0 Å². The van der Waals surface area contributed by atoms with Crippen molar-refractivity contribution in [2.45, 2.75) is 26.3 Å². The van der Waals surface area contributed by atoms with Crippen molar-refractivity contribution < 1.29 is 4.74 Å². The van der Waals surface area contributed by atoms with Gasteiger partial charge in [0.1, 0.15) is 5.75 Å². The Hall–Kier alpha value is -1.22. The second-order valence-electron chi connectivity index (χ2n) is 4.49. The van der Waals surface area contributed by atoms with E-state index in [0.29, 0.717) is 18.3 Å². The number of ether oxygens (including phenoxy) is 1. The highest BCUT2D eigenvalue weighted by Gasteiger charge is 2.05. The van der Waals surface area contributed by atoms with Gasteiger partial charge >= 0.3 is 0 Å². The molecule has 0 saturated carbocycles. The van der Waals surface area contributed by atoms with Crippen molar-refractivity contribution >= 4 is 5.69 Å². The van der Waals surface area contributed by atoms with Gasteiger partial charge in [-0.1, -0.05) is 6.07 Å². The van der Waals surface area contributed by atoms with E-state index in [1.165, 1.54) is 5.56 Å². The minimum Gasteiger partial charge on any atom is -0.491 e. The summed E-state index contributed by atoms with van der Waals surface area (Å²) in [6, 6.07) is 6.38. The maximum Gasteiger partial charge on any atom is 0.142 e. The van der Waals surface area contributed by atoms with Gasteiger partial charge in [0.15, 0.2) is 0 Å². The van der Waals surface area contributed by atoms with Gasteiger partial charge in [-0.05, 0) is 52.1 Å². The molecule has 1 aromatic rings. The Morgan fingerprint density at radius 2 is 2.06 bits per heavy atom. The molecular formula is C13H22N2O. The summed E-state index contributed by atoms with van der Waals surface area (Å²) in [6.07, 6.45) is 1.00. The Balaban J connectivity index is 2.45. The standard InChI is InChI=1S/C13H22N2O/c1-10-5-6-12(14)13(9-10)16-8-7-11(2)15(3)4/h5-6,9,11H,7-8,14H2,1-4H3. The highest BCUT2D eigenvalue weighted by molar-refractivity contribution is 5.53. The van der Waals surface area contributed by atoms with E-state index in [1.54, 1.807) is 0 Å². The molecule has 0 bridgehead atoms. The SMILES string of the molecule is Cc1ccc(N)c(OCCC(C)N(C)C)c1. The van der Waals surface area contributed by atoms with Crippen molar-refractivity contribution in [2.75, 3.05) is 26.4 Å². The molecule has 0 amide bonds. The van der Waals surface area contributed by atoms with Crippen LogP contribution in [0.15, 0.2) is 18.2 Å². The van der Waals surface area contributed by atoms with Crippen LogP contribution in [0.25, 0.3) is 0 Å². The van der Waals surface area contributed by atoms with Crippen LogP contribution >= 0.6 is 0 Å². The van der Waals surface area contributed by atoms with Gasteiger partial charge in [0.25, 0.3) is 0 Å². The molecule has 0 spiro atoms. The van der Waals surface area contributed by atoms with E-state index in [2.05, 4.69) is 25.9 Å². The third kappa shape index (κ3) is 3.74. The number of nitrogens with two attached hydrogens (primary N) is 1. The Morgan fingerprint density at radius 1 is 1.38 bits per heavy atom. The number of nitrogen functional groups attached to an aromatic ring is 1. The monoisotopic (exact) mass is 222 g/mol. The van der Waals surface area contributed by atoms with Crippen LogP contribution in [-0.2, 0) is 0 Å². The Labute approximate surface area is 98.2 Å². The summed E-state index contributed by atoms with van der Waals surface area (Å²) >= 11 is 0. The molecule has 1 atom stereocenters. The minimum atomic E-state index is 0.519. The van der Waals surface area contributed by atoms with Crippen LogP contribution in [0.3, 0.4) is 0 Å². The van der Waals surface area contributed by atoms with Gasteiger partial charge in [0.05, 0.1) is 12.3 Å². The molecule has 0 aliphatic rings. The molecule has 0 aromatic heterocycles. The Bertz CT molecular complexity index is 337. The van der Waals surface area contributed by atoms with Gasteiger partial charge in [-0.15, -0.1) is 0 Å². The highest BCUT2D eigenvalue weighted by atomic mass is 16.5. The van der Waals surface area contributed by atoms with Crippen LogP contribution in [0.4, 0.5) is 5.69 Å². The van der Waals surface area contributed by atoms with Crippen LogP contribution in [-0.4, -0.2) is 31.6 Å². The number of rotatable bonds is 5. The zero-order chi connectivity index (χ0) is 12.1. The number of hydrogen-bond donors (Lipinski definition) is 1.